The van der Waals surface area contributed by atoms with Gasteiger partial charge in [-0.2, -0.15) is 0 Å². The lowest BCUT2D eigenvalue weighted by molar-refractivity contribution is 0.0913. The smallest absolute Gasteiger partial charge is 0.255 e. The van der Waals surface area contributed by atoms with E-state index >= 15 is 0 Å². The average Bonchev–Trinajstić information content (AvgIpc) is 2.88. The van der Waals surface area contributed by atoms with E-state index in [1.165, 1.54) is 0 Å². The molecule has 0 spiro atoms. The van der Waals surface area contributed by atoms with Crippen LogP contribution in [0.25, 0.3) is 0 Å². The van der Waals surface area contributed by atoms with Crippen LogP contribution in [0.2, 0.25) is 0 Å². The fraction of sp³-hybridized carbons (Fsp3) is 0.438. The second-order valence-corrected chi connectivity index (χ2v) is 5.06. The molecule has 1 fully saturated rings. The zero-order chi connectivity index (χ0) is 14.4. The molecule has 1 aromatic carbocycles. The third kappa shape index (κ3) is 3.61. The SMILES string of the molecule is C=CCOc1ccccc1C(=O)NCC1CCCC1O. The maximum atomic E-state index is 12.2. The second-order valence-electron chi connectivity index (χ2n) is 5.06. The van der Waals surface area contributed by atoms with Crippen molar-refractivity contribution < 1.29 is 14.6 Å². The minimum atomic E-state index is -0.289. The van der Waals surface area contributed by atoms with Crippen LogP contribution in [0.5, 0.6) is 5.75 Å². The lowest BCUT2D eigenvalue weighted by Gasteiger charge is -2.16. The number of carbonyl (C=O) groups excluding carboxylic acids is 1. The van der Waals surface area contributed by atoms with Gasteiger partial charge in [0.05, 0.1) is 11.7 Å². The Kier molecular flexibility index (Phi) is 5.18. The fourth-order valence-electron chi connectivity index (χ4n) is 2.50. The number of aliphatic hydroxyl groups excluding tert-OH is 1. The average molecular weight is 275 g/mol. The summed E-state index contributed by atoms with van der Waals surface area (Å²) >= 11 is 0. The number of para-hydroxylation sites is 1. The number of ether oxygens (including phenoxy) is 1. The summed E-state index contributed by atoms with van der Waals surface area (Å²) in [6.45, 7) is 4.47. The summed E-state index contributed by atoms with van der Waals surface area (Å²) in [4.78, 5) is 12.2. The standard InChI is InChI=1S/C16H21NO3/c1-2-10-20-15-9-4-3-7-13(15)16(19)17-11-12-6-5-8-14(12)18/h2-4,7,9,12,14,18H,1,5-6,8,10-11H2,(H,17,19). The maximum Gasteiger partial charge on any atom is 0.255 e. The number of carbonyl (C=O) groups is 1. The molecule has 0 saturated heterocycles. The van der Waals surface area contributed by atoms with E-state index in [0.717, 1.165) is 19.3 Å². The molecule has 1 aromatic rings. The van der Waals surface area contributed by atoms with Crippen molar-refractivity contribution in [3.8, 4) is 5.75 Å². The Bertz CT molecular complexity index is 473. The molecule has 1 aliphatic rings. The molecule has 20 heavy (non-hydrogen) atoms. The van der Waals surface area contributed by atoms with Gasteiger partial charge in [0.2, 0.25) is 0 Å². The molecular formula is C16H21NO3. The highest BCUT2D eigenvalue weighted by atomic mass is 16.5. The largest absolute Gasteiger partial charge is 0.489 e. The van der Waals surface area contributed by atoms with Crippen LogP contribution >= 0.6 is 0 Å². The van der Waals surface area contributed by atoms with Crippen molar-refractivity contribution in [3.05, 3.63) is 42.5 Å². The molecule has 0 bridgehead atoms. The van der Waals surface area contributed by atoms with Gasteiger partial charge in [0.15, 0.2) is 0 Å². The Morgan fingerprint density at radius 1 is 1.45 bits per heavy atom. The molecule has 4 nitrogen and oxygen atoms in total. The van der Waals surface area contributed by atoms with Crippen molar-refractivity contribution in [2.75, 3.05) is 13.2 Å². The van der Waals surface area contributed by atoms with E-state index in [-0.39, 0.29) is 17.9 Å². The zero-order valence-electron chi connectivity index (χ0n) is 11.5. The molecule has 4 heteroatoms. The first-order chi connectivity index (χ1) is 9.72. The van der Waals surface area contributed by atoms with Gasteiger partial charge in [0.1, 0.15) is 12.4 Å². The Morgan fingerprint density at radius 2 is 2.25 bits per heavy atom. The van der Waals surface area contributed by atoms with Gasteiger partial charge in [-0.1, -0.05) is 31.2 Å². The van der Waals surface area contributed by atoms with Crippen LogP contribution in [0, 0.1) is 5.92 Å². The van der Waals surface area contributed by atoms with Crippen molar-refractivity contribution >= 4 is 5.91 Å². The van der Waals surface area contributed by atoms with Gasteiger partial charge in [0.25, 0.3) is 5.91 Å². The third-order valence-corrected chi connectivity index (χ3v) is 3.63. The Hall–Kier alpha value is -1.81. The molecule has 1 aliphatic carbocycles. The summed E-state index contributed by atoms with van der Waals surface area (Å²) in [5, 5.41) is 12.6. The number of benzene rings is 1. The molecule has 0 aromatic heterocycles. The summed E-state index contributed by atoms with van der Waals surface area (Å²) in [6.07, 6.45) is 4.18. The molecule has 2 N–H and O–H groups in total. The van der Waals surface area contributed by atoms with Gasteiger partial charge in [-0.3, -0.25) is 4.79 Å². The number of nitrogens with one attached hydrogen (secondary N) is 1. The highest BCUT2D eigenvalue weighted by Crippen LogP contribution is 2.25. The predicted molar refractivity (Wildman–Crippen MR) is 77.8 cm³/mol. The molecule has 108 valence electrons. The molecule has 0 heterocycles. The molecule has 0 aliphatic heterocycles. The van der Waals surface area contributed by atoms with E-state index in [9.17, 15) is 9.90 Å². The number of hydrogen-bond donors (Lipinski definition) is 2. The van der Waals surface area contributed by atoms with Gasteiger partial charge in [-0.15, -0.1) is 0 Å². The maximum absolute atomic E-state index is 12.2. The van der Waals surface area contributed by atoms with Crippen molar-refractivity contribution in [1.29, 1.82) is 0 Å². The van der Waals surface area contributed by atoms with Gasteiger partial charge in [0, 0.05) is 12.5 Å². The van der Waals surface area contributed by atoms with Crippen LogP contribution in [0.4, 0.5) is 0 Å². The van der Waals surface area contributed by atoms with Crippen LogP contribution < -0.4 is 10.1 Å². The fourth-order valence-corrected chi connectivity index (χ4v) is 2.50. The van der Waals surface area contributed by atoms with Crippen LogP contribution in [0.15, 0.2) is 36.9 Å². The summed E-state index contributed by atoms with van der Waals surface area (Å²) in [5.41, 5.74) is 0.516. The quantitative estimate of drug-likeness (QED) is 0.782. The van der Waals surface area contributed by atoms with E-state index in [1.807, 2.05) is 6.07 Å². The summed E-state index contributed by atoms with van der Waals surface area (Å²) in [5.74, 6) is 0.556. The lowest BCUT2D eigenvalue weighted by Crippen LogP contribution is -2.32. The van der Waals surface area contributed by atoms with Crippen molar-refractivity contribution in [2.45, 2.75) is 25.4 Å². The normalized spacial score (nSPS) is 21.4. The molecular weight excluding hydrogens is 254 g/mol. The van der Waals surface area contributed by atoms with Crippen LogP contribution in [0.3, 0.4) is 0 Å². The van der Waals surface area contributed by atoms with Crippen molar-refractivity contribution in [3.63, 3.8) is 0 Å². The molecule has 1 saturated carbocycles. The van der Waals surface area contributed by atoms with Gasteiger partial charge >= 0.3 is 0 Å². The van der Waals surface area contributed by atoms with Crippen LogP contribution in [-0.2, 0) is 0 Å². The minimum Gasteiger partial charge on any atom is -0.489 e. The highest BCUT2D eigenvalue weighted by molar-refractivity contribution is 5.96. The van der Waals surface area contributed by atoms with Crippen LogP contribution in [-0.4, -0.2) is 30.3 Å². The Labute approximate surface area is 119 Å². The first-order valence-electron chi connectivity index (χ1n) is 7.01. The van der Waals surface area contributed by atoms with E-state index in [2.05, 4.69) is 11.9 Å². The summed E-state index contributed by atoms with van der Waals surface area (Å²) in [7, 11) is 0. The van der Waals surface area contributed by atoms with E-state index in [0.29, 0.717) is 24.5 Å². The van der Waals surface area contributed by atoms with Crippen molar-refractivity contribution in [2.24, 2.45) is 5.92 Å². The highest BCUT2D eigenvalue weighted by Gasteiger charge is 2.25. The molecule has 2 rings (SSSR count). The van der Waals surface area contributed by atoms with E-state index in [1.54, 1.807) is 24.3 Å². The zero-order valence-corrected chi connectivity index (χ0v) is 11.5. The Balaban J connectivity index is 1.96. The van der Waals surface area contributed by atoms with Gasteiger partial charge in [-0.25, -0.2) is 0 Å². The van der Waals surface area contributed by atoms with E-state index in [4.69, 9.17) is 4.74 Å². The monoisotopic (exact) mass is 275 g/mol. The van der Waals surface area contributed by atoms with Gasteiger partial charge < -0.3 is 15.2 Å². The number of rotatable bonds is 6. The first-order valence-corrected chi connectivity index (χ1v) is 7.01. The third-order valence-electron chi connectivity index (χ3n) is 3.63. The number of hydrogen-bond acceptors (Lipinski definition) is 3. The van der Waals surface area contributed by atoms with Gasteiger partial charge in [-0.05, 0) is 25.0 Å². The first kappa shape index (κ1) is 14.6. The molecule has 2 atom stereocenters. The summed E-state index contributed by atoms with van der Waals surface area (Å²) < 4.78 is 5.47. The predicted octanol–water partition coefficient (Wildman–Crippen LogP) is 2.14. The summed E-state index contributed by atoms with van der Waals surface area (Å²) in [6, 6.07) is 7.14. The Morgan fingerprint density at radius 3 is 2.95 bits per heavy atom. The minimum absolute atomic E-state index is 0.163. The number of aliphatic hydroxyl groups is 1. The van der Waals surface area contributed by atoms with Crippen LogP contribution in [0.1, 0.15) is 29.6 Å². The number of amides is 1. The molecule has 2 unspecified atom stereocenters. The van der Waals surface area contributed by atoms with E-state index < -0.39 is 0 Å². The topological polar surface area (TPSA) is 58.6 Å². The lowest BCUT2D eigenvalue weighted by atomic mass is 10.1. The molecule has 1 amide bonds. The second kappa shape index (κ2) is 7.10. The molecule has 0 radical (unpaired) electrons. The van der Waals surface area contributed by atoms with Crippen molar-refractivity contribution in [1.82, 2.24) is 5.32 Å².